The van der Waals surface area contributed by atoms with Crippen LogP contribution >= 0.6 is 0 Å². The largest absolute Gasteiger partial charge is 0.340 e. The third-order valence-corrected chi connectivity index (χ3v) is 4.49. The normalized spacial score (nSPS) is 17.6. The zero-order chi connectivity index (χ0) is 16.4. The lowest BCUT2D eigenvalue weighted by Gasteiger charge is -2.30. The van der Waals surface area contributed by atoms with Crippen LogP contribution < -0.4 is 5.32 Å². The molecule has 1 aromatic heterocycles. The Morgan fingerprint density at radius 3 is 2.74 bits per heavy atom. The molecule has 0 saturated heterocycles. The molecule has 0 aliphatic heterocycles. The van der Waals surface area contributed by atoms with Crippen LogP contribution in [0.1, 0.15) is 57.8 Å². The molecule has 0 atom stereocenters. The van der Waals surface area contributed by atoms with Gasteiger partial charge in [-0.15, -0.1) is 0 Å². The van der Waals surface area contributed by atoms with E-state index >= 15 is 0 Å². The first-order valence-corrected chi connectivity index (χ1v) is 8.45. The highest BCUT2D eigenvalue weighted by atomic mass is 16.1. The average Bonchev–Trinajstić information content (AvgIpc) is 3.11. The van der Waals surface area contributed by atoms with Gasteiger partial charge in [-0.3, -0.25) is 4.79 Å². The van der Waals surface area contributed by atoms with Crippen LogP contribution in [-0.2, 0) is 10.3 Å². The molecule has 23 heavy (non-hydrogen) atoms. The van der Waals surface area contributed by atoms with Gasteiger partial charge in [0.1, 0.15) is 5.82 Å². The molecule has 1 aliphatic rings. The maximum Gasteiger partial charge on any atom is 0.152 e. The fourth-order valence-corrected chi connectivity index (χ4v) is 3.55. The SMILES string of the molecule is CC(=O)/C=C/c1ccc2nc(C3(NC(C)C)CCCC3)[nH]c2c1. The van der Waals surface area contributed by atoms with Crippen LogP contribution in [0.15, 0.2) is 24.3 Å². The van der Waals surface area contributed by atoms with E-state index in [9.17, 15) is 4.79 Å². The Hall–Kier alpha value is -1.94. The maximum atomic E-state index is 11.1. The molecular formula is C19H25N3O. The molecule has 2 N–H and O–H groups in total. The number of H-pyrrole nitrogens is 1. The lowest BCUT2D eigenvalue weighted by molar-refractivity contribution is -0.112. The Morgan fingerprint density at radius 1 is 1.35 bits per heavy atom. The van der Waals surface area contributed by atoms with Crippen LogP contribution in [0.4, 0.5) is 0 Å². The van der Waals surface area contributed by atoms with Gasteiger partial charge in [0.25, 0.3) is 0 Å². The van der Waals surface area contributed by atoms with Gasteiger partial charge in [-0.25, -0.2) is 4.98 Å². The number of nitrogens with zero attached hydrogens (tertiary/aromatic N) is 1. The number of ketones is 1. The Morgan fingerprint density at radius 2 is 2.09 bits per heavy atom. The molecule has 1 saturated carbocycles. The monoisotopic (exact) mass is 311 g/mol. The van der Waals surface area contributed by atoms with Crippen molar-refractivity contribution >= 4 is 22.9 Å². The molecule has 4 nitrogen and oxygen atoms in total. The number of aromatic nitrogens is 2. The van der Waals surface area contributed by atoms with Crippen molar-refractivity contribution in [3.05, 3.63) is 35.7 Å². The highest BCUT2D eigenvalue weighted by Crippen LogP contribution is 2.38. The molecule has 3 rings (SSSR count). The lowest BCUT2D eigenvalue weighted by atomic mass is 9.95. The minimum Gasteiger partial charge on any atom is -0.340 e. The number of allylic oxidation sites excluding steroid dienone is 1. The van der Waals surface area contributed by atoms with Crippen LogP contribution in [-0.4, -0.2) is 21.8 Å². The van der Waals surface area contributed by atoms with E-state index in [1.807, 2.05) is 18.2 Å². The maximum absolute atomic E-state index is 11.1. The predicted molar refractivity (Wildman–Crippen MR) is 94.2 cm³/mol. The van der Waals surface area contributed by atoms with Gasteiger partial charge in [-0.05, 0) is 57.4 Å². The molecule has 2 aromatic rings. The lowest BCUT2D eigenvalue weighted by Crippen LogP contribution is -2.44. The fraction of sp³-hybridized carbons (Fsp3) is 0.474. The summed E-state index contributed by atoms with van der Waals surface area (Å²) < 4.78 is 0. The number of hydrogen-bond donors (Lipinski definition) is 2. The van der Waals surface area contributed by atoms with Crippen molar-refractivity contribution in [1.82, 2.24) is 15.3 Å². The molecule has 0 bridgehead atoms. The van der Waals surface area contributed by atoms with Crippen molar-refractivity contribution in [2.45, 2.75) is 58.0 Å². The van der Waals surface area contributed by atoms with Crippen molar-refractivity contribution in [3.8, 4) is 0 Å². The first kappa shape index (κ1) is 15.9. The Kier molecular flexibility index (Phi) is 4.35. The van der Waals surface area contributed by atoms with E-state index in [1.54, 1.807) is 13.0 Å². The summed E-state index contributed by atoms with van der Waals surface area (Å²) >= 11 is 0. The third-order valence-electron chi connectivity index (χ3n) is 4.49. The number of imidazole rings is 1. The van der Waals surface area contributed by atoms with E-state index < -0.39 is 0 Å². The van der Waals surface area contributed by atoms with Crippen LogP contribution in [0, 0.1) is 0 Å². The summed E-state index contributed by atoms with van der Waals surface area (Å²) in [6.07, 6.45) is 8.17. The quantitative estimate of drug-likeness (QED) is 0.823. The molecular weight excluding hydrogens is 286 g/mol. The van der Waals surface area contributed by atoms with E-state index in [1.165, 1.54) is 12.8 Å². The third kappa shape index (κ3) is 3.37. The van der Waals surface area contributed by atoms with Gasteiger partial charge in [0.05, 0.1) is 16.6 Å². The Labute approximate surface area is 137 Å². The molecule has 1 fully saturated rings. The Balaban J connectivity index is 1.97. The highest BCUT2D eigenvalue weighted by molar-refractivity contribution is 5.92. The molecule has 1 aromatic carbocycles. The summed E-state index contributed by atoms with van der Waals surface area (Å²) in [7, 11) is 0. The van der Waals surface area contributed by atoms with Crippen LogP contribution in [0.25, 0.3) is 17.1 Å². The zero-order valence-electron chi connectivity index (χ0n) is 14.1. The molecule has 1 aliphatic carbocycles. The summed E-state index contributed by atoms with van der Waals surface area (Å²) in [5.41, 5.74) is 3.00. The average molecular weight is 311 g/mol. The second-order valence-corrected chi connectivity index (χ2v) is 6.89. The number of nitrogens with one attached hydrogen (secondary N) is 2. The molecule has 0 unspecified atom stereocenters. The highest BCUT2D eigenvalue weighted by Gasteiger charge is 2.38. The zero-order valence-corrected chi connectivity index (χ0v) is 14.1. The smallest absolute Gasteiger partial charge is 0.152 e. The summed E-state index contributed by atoms with van der Waals surface area (Å²) in [4.78, 5) is 19.5. The van der Waals surface area contributed by atoms with Crippen molar-refractivity contribution in [2.24, 2.45) is 0 Å². The van der Waals surface area contributed by atoms with Crippen molar-refractivity contribution in [2.75, 3.05) is 0 Å². The number of rotatable bonds is 5. The van der Waals surface area contributed by atoms with E-state index in [2.05, 4.69) is 30.2 Å². The van der Waals surface area contributed by atoms with Gasteiger partial charge in [0, 0.05) is 6.04 Å². The van der Waals surface area contributed by atoms with Crippen molar-refractivity contribution in [1.29, 1.82) is 0 Å². The summed E-state index contributed by atoms with van der Waals surface area (Å²) in [6, 6.07) is 6.51. The van der Waals surface area contributed by atoms with Crippen LogP contribution in [0.3, 0.4) is 0 Å². The predicted octanol–water partition coefficient (Wildman–Crippen LogP) is 3.93. The Bertz CT molecular complexity index is 736. The number of carbonyl (C=O) groups is 1. The van der Waals surface area contributed by atoms with E-state index in [4.69, 9.17) is 4.98 Å². The van der Waals surface area contributed by atoms with Crippen molar-refractivity contribution < 1.29 is 4.79 Å². The van der Waals surface area contributed by atoms with Gasteiger partial charge in [-0.1, -0.05) is 25.0 Å². The van der Waals surface area contributed by atoms with Crippen LogP contribution in [0.2, 0.25) is 0 Å². The minimum atomic E-state index is -0.0252. The van der Waals surface area contributed by atoms with Gasteiger partial charge in [0.15, 0.2) is 5.78 Å². The minimum absolute atomic E-state index is 0.0252. The first-order valence-electron chi connectivity index (χ1n) is 8.45. The summed E-state index contributed by atoms with van der Waals surface area (Å²) in [5, 5.41) is 3.73. The van der Waals surface area contributed by atoms with Crippen LogP contribution in [0.5, 0.6) is 0 Å². The first-order chi connectivity index (χ1) is 11.0. The van der Waals surface area contributed by atoms with Gasteiger partial charge < -0.3 is 10.3 Å². The number of fused-ring (bicyclic) bond motifs is 1. The van der Waals surface area contributed by atoms with E-state index in [-0.39, 0.29) is 11.3 Å². The summed E-state index contributed by atoms with van der Waals surface area (Å²) in [5.74, 6) is 1.10. The number of hydrogen-bond acceptors (Lipinski definition) is 3. The van der Waals surface area contributed by atoms with E-state index in [0.29, 0.717) is 6.04 Å². The molecule has 0 radical (unpaired) electrons. The second kappa shape index (κ2) is 6.28. The van der Waals surface area contributed by atoms with Gasteiger partial charge in [-0.2, -0.15) is 0 Å². The number of benzene rings is 1. The van der Waals surface area contributed by atoms with Gasteiger partial charge >= 0.3 is 0 Å². The molecule has 1 heterocycles. The topological polar surface area (TPSA) is 57.8 Å². The fourth-order valence-electron chi connectivity index (χ4n) is 3.55. The molecule has 0 amide bonds. The summed E-state index contributed by atoms with van der Waals surface area (Å²) in [6.45, 7) is 5.94. The van der Waals surface area contributed by atoms with E-state index in [0.717, 1.165) is 35.3 Å². The van der Waals surface area contributed by atoms with Gasteiger partial charge in [0.2, 0.25) is 0 Å². The molecule has 0 spiro atoms. The number of aromatic amines is 1. The second-order valence-electron chi connectivity index (χ2n) is 6.89. The number of carbonyl (C=O) groups excluding carboxylic acids is 1. The molecule has 122 valence electrons. The molecule has 4 heteroatoms. The van der Waals surface area contributed by atoms with Crippen molar-refractivity contribution in [3.63, 3.8) is 0 Å². The standard InChI is InChI=1S/C19H25N3O/c1-13(2)22-19(10-4-5-11-19)18-20-16-9-8-15(7-6-14(3)23)12-17(16)21-18/h6-9,12-13,22H,4-5,10-11H2,1-3H3,(H,20,21)/b7-6+.